The van der Waals surface area contributed by atoms with Gasteiger partial charge in [0.1, 0.15) is 5.75 Å². The van der Waals surface area contributed by atoms with Crippen LogP contribution in [0.25, 0.3) is 10.8 Å². The van der Waals surface area contributed by atoms with E-state index in [1.54, 1.807) is 35.4 Å². The van der Waals surface area contributed by atoms with Gasteiger partial charge in [-0.3, -0.25) is 19.9 Å². The Labute approximate surface area is 188 Å². The van der Waals surface area contributed by atoms with Gasteiger partial charge in [-0.05, 0) is 40.2 Å². The Bertz CT molecular complexity index is 1160. The van der Waals surface area contributed by atoms with Crippen LogP contribution in [0.4, 0.5) is 11.4 Å². The molecule has 0 radical (unpaired) electrons. The van der Waals surface area contributed by atoms with Gasteiger partial charge in [0, 0.05) is 60.2 Å². The molecule has 1 fully saturated rings. The summed E-state index contributed by atoms with van der Waals surface area (Å²) >= 11 is 6.60. The van der Waals surface area contributed by atoms with E-state index in [0.29, 0.717) is 40.5 Å². The van der Waals surface area contributed by atoms with E-state index >= 15 is 0 Å². The number of hydrogen-bond donors (Lipinski definition) is 1. The fraction of sp³-hybridized carbons (Fsp3) is 0.200. The van der Waals surface area contributed by atoms with Gasteiger partial charge in [0.2, 0.25) is 0 Å². The average Bonchev–Trinajstić information content (AvgIpc) is 2.75. The molecular formula is C20H16Br2N4O4. The van der Waals surface area contributed by atoms with Crippen molar-refractivity contribution in [1.82, 2.24) is 9.88 Å². The van der Waals surface area contributed by atoms with Crippen LogP contribution in [0.3, 0.4) is 0 Å². The van der Waals surface area contributed by atoms with Gasteiger partial charge >= 0.3 is 0 Å². The summed E-state index contributed by atoms with van der Waals surface area (Å²) < 4.78 is 1.14. The number of hydrogen-bond acceptors (Lipinski definition) is 6. The van der Waals surface area contributed by atoms with Crippen molar-refractivity contribution in [1.29, 1.82) is 0 Å². The molecule has 0 atom stereocenters. The molecule has 1 aromatic heterocycles. The number of aromatic hydroxyl groups is 1. The minimum Gasteiger partial charge on any atom is -0.506 e. The van der Waals surface area contributed by atoms with E-state index in [2.05, 4.69) is 41.7 Å². The summed E-state index contributed by atoms with van der Waals surface area (Å²) in [5.74, 6) is -0.327. The van der Waals surface area contributed by atoms with Crippen molar-refractivity contribution in [2.24, 2.45) is 0 Å². The highest BCUT2D eigenvalue weighted by molar-refractivity contribution is 9.11. The Morgan fingerprint density at radius 1 is 1.10 bits per heavy atom. The molecule has 8 nitrogen and oxygen atoms in total. The van der Waals surface area contributed by atoms with Crippen molar-refractivity contribution >= 4 is 59.9 Å². The number of phenols is 1. The monoisotopic (exact) mass is 534 g/mol. The first-order chi connectivity index (χ1) is 14.4. The first-order valence-electron chi connectivity index (χ1n) is 9.10. The predicted molar refractivity (Wildman–Crippen MR) is 120 cm³/mol. The lowest BCUT2D eigenvalue weighted by Gasteiger charge is -2.36. The molecule has 10 heteroatoms. The summed E-state index contributed by atoms with van der Waals surface area (Å²) in [5.41, 5.74) is 1.13. The first-order valence-corrected chi connectivity index (χ1v) is 10.7. The number of benzene rings is 2. The number of nitro groups is 1. The lowest BCUT2D eigenvalue weighted by atomic mass is 10.1. The normalized spacial score (nSPS) is 14.2. The molecule has 2 heterocycles. The number of halogens is 2. The van der Waals surface area contributed by atoms with E-state index < -0.39 is 4.92 Å². The van der Waals surface area contributed by atoms with Crippen molar-refractivity contribution in [2.45, 2.75) is 0 Å². The van der Waals surface area contributed by atoms with Crippen LogP contribution in [0.15, 0.2) is 51.7 Å². The van der Waals surface area contributed by atoms with Crippen LogP contribution in [0, 0.1) is 10.1 Å². The number of rotatable bonds is 3. The van der Waals surface area contributed by atoms with Crippen LogP contribution < -0.4 is 4.90 Å². The minimum atomic E-state index is -0.410. The first kappa shape index (κ1) is 20.5. The van der Waals surface area contributed by atoms with Gasteiger partial charge in [-0.25, -0.2) is 0 Å². The number of carbonyl (C=O) groups is 1. The Morgan fingerprint density at radius 3 is 2.53 bits per heavy atom. The third-order valence-corrected chi connectivity index (χ3v) is 6.20. The molecule has 0 aliphatic carbocycles. The van der Waals surface area contributed by atoms with Crippen LogP contribution in [0.2, 0.25) is 0 Å². The van der Waals surface area contributed by atoms with Crippen LogP contribution in [0.5, 0.6) is 5.75 Å². The average molecular weight is 536 g/mol. The quantitative estimate of drug-likeness (QED) is 0.395. The van der Waals surface area contributed by atoms with Gasteiger partial charge in [0.15, 0.2) is 0 Å². The standard InChI is InChI=1S/C20H16Br2N4O4/c21-12-9-14(19(27)16(22)10-12)20(28)25-7-5-24(6-8-25)17-1-2-18(26(29)30)15-11-23-4-3-13(15)17/h1-4,9-11,27H,5-8H2. The largest absolute Gasteiger partial charge is 0.506 e. The van der Waals surface area contributed by atoms with Gasteiger partial charge in [-0.15, -0.1) is 0 Å². The number of pyridine rings is 1. The van der Waals surface area contributed by atoms with Gasteiger partial charge in [0.05, 0.1) is 20.3 Å². The molecule has 1 amide bonds. The molecule has 4 rings (SSSR count). The number of anilines is 1. The van der Waals surface area contributed by atoms with E-state index in [-0.39, 0.29) is 22.9 Å². The number of carbonyl (C=O) groups excluding carboxylic acids is 1. The maximum absolute atomic E-state index is 12.9. The number of nitrogens with zero attached hydrogens (tertiary/aromatic N) is 4. The maximum atomic E-state index is 12.9. The van der Waals surface area contributed by atoms with Crippen LogP contribution >= 0.6 is 31.9 Å². The highest BCUT2D eigenvalue weighted by atomic mass is 79.9. The smallest absolute Gasteiger partial charge is 0.278 e. The second kappa shape index (κ2) is 8.19. The van der Waals surface area contributed by atoms with Gasteiger partial charge in [-0.1, -0.05) is 15.9 Å². The zero-order valence-electron chi connectivity index (χ0n) is 15.6. The van der Waals surface area contributed by atoms with Crippen molar-refractivity contribution in [3.05, 3.63) is 67.3 Å². The van der Waals surface area contributed by atoms with E-state index in [4.69, 9.17) is 0 Å². The lowest BCUT2D eigenvalue weighted by molar-refractivity contribution is -0.383. The Kier molecular flexibility index (Phi) is 5.61. The fourth-order valence-corrected chi connectivity index (χ4v) is 4.87. The lowest BCUT2D eigenvalue weighted by Crippen LogP contribution is -2.48. The van der Waals surface area contributed by atoms with Crippen molar-refractivity contribution in [3.63, 3.8) is 0 Å². The second-order valence-corrected chi connectivity index (χ2v) is 8.62. The molecule has 0 unspecified atom stereocenters. The topological polar surface area (TPSA) is 99.8 Å². The van der Waals surface area contributed by atoms with E-state index in [1.807, 2.05) is 0 Å². The van der Waals surface area contributed by atoms with Crippen molar-refractivity contribution in [2.75, 3.05) is 31.1 Å². The number of piperazine rings is 1. The molecule has 0 saturated carbocycles. The van der Waals surface area contributed by atoms with E-state index in [1.165, 1.54) is 12.3 Å². The second-order valence-electron chi connectivity index (χ2n) is 6.85. The minimum absolute atomic E-state index is 0.0198. The molecule has 30 heavy (non-hydrogen) atoms. The Morgan fingerprint density at radius 2 is 1.83 bits per heavy atom. The number of phenolic OH excluding ortho intramolecular Hbond substituents is 1. The fourth-order valence-electron chi connectivity index (χ4n) is 3.64. The zero-order valence-corrected chi connectivity index (χ0v) is 18.8. The predicted octanol–water partition coefficient (Wildman–Crippen LogP) is 4.34. The third kappa shape index (κ3) is 3.72. The number of fused-ring (bicyclic) bond motifs is 1. The molecule has 1 saturated heterocycles. The third-order valence-electron chi connectivity index (χ3n) is 5.13. The summed E-state index contributed by atoms with van der Waals surface area (Å²) in [6.45, 7) is 2.06. The molecule has 3 aromatic rings. The maximum Gasteiger partial charge on any atom is 0.278 e. The Balaban J connectivity index is 1.57. The Hall–Kier alpha value is -2.72. The molecule has 154 valence electrons. The van der Waals surface area contributed by atoms with Crippen LogP contribution in [-0.4, -0.2) is 52.0 Å². The van der Waals surface area contributed by atoms with E-state index in [9.17, 15) is 20.0 Å². The number of aromatic nitrogens is 1. The van der Waals surface area contributed by atoms with Crippen LogP contribution in [0.1, 0.15) is 10.4 Å². The van der Waals surface area contributed by atoms with Gasteiger partial charge in [0.25, 0.3) is 11.6 Å². The highest BCUT2D eigenvalue weighted by Crippen LogP contribution is 2.35. The summed E-state index contributed by atoms with van der Waals surface area (Å²) in [6, 6.07) is 8.29. The summed E-state index contributed by atoms with van der Waals surface area (Å²) in [6.07, 6.45) is 3.12. The molecule has 1 N–H and O–H groups in total. The number of amides is 1. The van der Waals surface area contributed by atoms with E-state index in [0.717, 1.165) is 11.1 Å². The summed E-state index contributed by atoms with van der Waals surface area (Å²) in [4.78, 5) is 31.7. The zero-order chi connectivity index (χ0) is 21.4. The number of nitro benzene ring substituents is 1. The molecule has 0 bridgehead atoms. The molecule has 1 aliphatic rings. The summed E-state index contributed by atoms with van der Waals surface area (Å²) in [7, 11) is 0. The van der Waals surface area contributed by atoms with Gasteiger partial charge < -0.3 is 14.9 Å². The molecule has 1 aliphatic heterocycles. The summed E-state index contributed by atoms with van der Waals surface area (Å²) in [5, 5.41) is 22.8. The molecule has 2 aromatic carbocycles. The number of non-ortho nitro benzene ring substituents is 1. The van der Waals surface area contributed by atoms with Crippen molar-refractivity contribution < 1.29 is 14.8 Å². The van der Waals surface area contributed by atoms with Crippen LogP contribution in [-0.2, 0) is 0 Å². The molecular weight excluding hydrogens is 520 g/mol. The highest BCUT2D eigenvalue weighted by Gasteiger charge is 2.26. The molecule has 0 spiro atoms. The van der Waals surface area contributed by atoms with Gasteiger partial charge in [-0.2, -0.15) is 0 Å². The van der Waals surface area contributed by atoms with Crippen molar-refractivity contribution in [3.8, 4) is 5.75 Å². The SMILES string of the molecule is O=C(c1cc(Br)cc(Br)c1O)N1CCN(c2ccc([N+](=O)[O-])c3cnccc23)CC1.